The Bertz CT molecular complexity index is 485. The van der Waals surface area contributed by atoms with Crippen molar-refractivity contribution in [2.24, 2.45) is 0 Å². The number of hydrogen-bond acceptors (Lipinski definition) is 4. The predicted octanol–water partition coefficient (Wildman–Crippen LogP) is 3.13. The summed E-state index contributed by atoms with van der Waals surface area (Å²) in [5, 5.41) is 11.3. The lowest BCUT2D eigenvalue weighted by atomic mass is 9.95. The first kappa shape index (κ1) is 13.2. The van der Waals surface area contributed by atoms with Crippen LogP contribution in [0.15, 0.2) is 30.5 Å². The van der Waals surface area contributed by atoms with Crippen molar-refractivity contribution in [3.8, 4) is 0 Å². The summed E-state index contributed by atoms with van der Waals surface area (Å²) in [7, 11) is 0. The van der Waals surface area contributed by atoms with E-state index in [4.69, 9.17) is 0 Å². The van der Waals surface area contributed by atoms with Crippen LogP contribution in [0.2, 0.25) is 0 Å². The Morgan fingerprint density at radius 3 is 2.61 bits per heavy atom. The zero-order valence-corrected chi connectivity index (χ0v) is 11.9. The van der Waals surface area contributed by atoms with Crippen molar-refractivity contribution in [2.75, 3.05) is 0 Å². The minimum absolute atomic E-state index is 0.244. The fraction of sp³-hybridized carbons (Fsp3) is 0.429. The average Bonchev–Trinajstić information content (AvgIpc) is 2.79. The van der Waals surface area contributed by atoms with E-state index in [2.05, 4.69) is 48.4 Å². The maximum absolute atomic E-state index is 4.05. The van der Waals surface area contributed by atoms with E-state index in [9.17, 15) is 0 Å². The number of hydrogen-bond donors (Lipinski definition) is 1. The van der Waals surface area contributed by atoms with Crippen LogP contribution in [0.1, 0.15) is 36.2 Å². The first-order chi connectivity index (χ1) is 8.55. The predicted molar refractivity (Wildman–Crippen MR) is 75.6 cm³/mol. The number of rotatable bonds is 4. The molecule has 2 heterocycles. The van der Waals surface area contributed by atoms with Crippen molar-refractivity contribution in [1.82, 2.24) is 15.5 Å². The van der Waals surface area contributed by atoms with Gasteiger partial charge >= 0.3 is 0 Å². The number of thiophene rings is 1. The van der Waals surface area contributed by atoms with Crippen LogP contribution in [-0.2, 0) is 18.5 Å². The molecule has 3 nitrogen and oxygen atoms in total. The molecule has 2 rings (SSSR count). The summed E-state index contributed by atoms with van der Waals surface area (Å²) in [6, 6.07) is 8.32. The van der Waals surface area contributed by atoms with Gasteiger partial charge in [0.25, 0.3) is 0 Å². The molecule has 2 aromatic heterocycles. The standard InChI is InChI=1S/C14H19N3S/c1-14(2,3)13-7-6-12(18-13)10-15-9-11-5-4-8-16-17-11/h4-8,15H,9-10H2,1-3H3. The monoisotopic (exact) mass is 261 g/mol. The Hall–Kier alpha value is -1.26. The number of aromatic nitrogens is 2. The molecule has 4 heteroatoms. The molecule has 0 spiro atoms. The molecule has 0 amide bonds. The van der Waals surface area contributed by atoms with E-state index in [1.165, 1.54) is 9.75 Å². The zero-order chi connectivity index (χ0) is 13.0. The van der Waals surface area contributed by atoms with Crippen molar-refractivity contribution < 1.29 is 0 Å². The second-order valence-electron chi connectivity index (χ2n) is 5.33. The van der Waals surface area contributed by atoms with Gasteiger partial charge < -0.3 is 5.32 Å². The zero-order valence-electron chi connectivity index (χ0n) is 11.1. The van der Waals surface area contributed by atoms with Crippen LogP contribution >= 0.6 is 11.3 Å². The quantitative estimate of drug-likeness (QED) is 0.919. The lowest BCUT2D eigenvalue weighted by Crippen LogP contribution is -2.13. The topological polar surface area (TPSA) is 37.8 Å². The first-order valence-electron chi connectivity index (χ1n) is 6.12. The van der Waals surface area contributed by atoms with E-state index in [-0.39, 0.29) is 5.41 Å². The van der Waals surface area contributed by atoms with Crippen LogP contribution in [0.5, 0.6) is 0 Å². The van der Waals surface area contributed by atoms with Crippen molar-refractivity contribution in [3.05, 3.63) is 45.9 Å². The van der Waals surface area contributed by atoms with Crippen LogP contribution in [-0.4, -0.2) is 10.2 Å². The van der Waals surface area contributed by atoms with E-state index in [1.807, 2.05) is 23.5 Å². The van der Waals surface area contributed by atoms with E-state index in [0.29, 0.717) is 0 Å². The highest BCUT2D eigenvalue weighted by atomic mass is 32.1. The SMILES string of the molecule is CC(C)(C)c1ccc(CNCc2cccnn2)s1. The Balaban J connectivity index is 1.86. The highest BCUT2D eigenvalue weighted by Crippen LogP contribution is 2.29. The molecule has 0 bridgehead atoms. The molecule has 0 saturated carbocycles. The van der Waals surface area contributed by atoms with Gasteiger partial charge in [-0.05, 0) is 29.7 Å². The van der Waals surface area contributed by atoms with Crippen molar-refractivity contribution in [2.45, 2.75) is 39.3 Å². The molecule has 0 aromatic carbocycles. The van der Waals surface area contributed by atoms with Gasteiger partial charge in [-0.15, -0.1) is 11.3 Å². The van der Waals surface area contributed by atoms with Crippen LogP contribution in [0, 0.1) is 0 Å². The second kappa shape index (κ2) is 5.59. The van der Waals surface area contributed by atoms with Crippen LogP contribution < -0.4 is 5.32 Å². The molecule has 0 fully saturated rings. The van der Waals surface area contributed by atoms with Gasteiger partial charge in [0.15, 0.2) is 0 Å². The minimum atomic E-state index is 0.244. The molecule has 0 radical (unpaired) electrons. The molecular weight excluding hydrogens is 242 g/mol. The summed E-state index contributed by atoms with van der Waals surface area (Å²) in [4.78, 5) is 2.79. The number of nitrogens with one attached hydrogen (secondary N) is 1. The molecular formula is C14H19N3S. The molecule has 0 atom stereocenters. The first-order valence-corrected chi connectivity index (χ1v) is 6.94. The maximum atomic E-state index is 4.05. The summed E-state index contributed by atoms with van der Waals surface area (Å²) in [6.45, 7) is 8.38. The Morgan fingerprint density at radius 2 is 2.00 bits per heavy atom. The average molecular weight is 261 g/mol. The third-order valence-electron chi connectivity index (χ3n) is 2.63. The third-order valence-corrected chi connectivity index (χ3v) is 4.14. The highest BCUT2D eigenvalue weighted by Gasteiger charge is 2.15. The molecule has 0 aliphatic rings. The van der Waals surface area contributed by atoms with E-state index in [1.54, 1.807) is 6.20 Å². The van der Waals surface area contributed by atoms with Gasteiger partial charge in [0.1, 0.15) is 0 Å². The molecule has 2 aromatic rings. The van der Waals surface area contributed by atoms with Gasteiger partial charge in [0.05, 0.1) is 5.69 Å². The van der Waals surface area contributed by atoms with E-state index >= 15 is 0 Å². The number of nitrogens with zero attached hydrogens (tertiary/aromatic N) is 2. The highest BCUT2D eigenvalue weighted by molar-refractivity contribution is 7.12. The van der Waals surface area contributed by atoms with Gasteiger partial charge in [-0.2, -0.15) is 10.2 Å². The third kappa shape index (κ3) is 3.62. The summed E-state index contributed by atoms with van der Waals surface area (Å²) in [6.07, 6.45) is 1.69. The minimum Gasteiger partial charge on any atom is -0.306 e. The van der Waals surface area contributed by atoms with Crippen molar-refractivity contribution in [1.29, 1.82) is 0 Å². The summed E-state index contributed by atoms with van der Waals surface area (Å²) >= 11 is 1.88. The second-order valence-corrected chi connectivity index (χ2v) is 6.50. The normalized spacial score (nSPS) is 11.7. The molecule has 0 saturated heterocycles. The molecule has 96 valence electrons. The van der Waals surface area contributed by atoms with Crippen LogP contribution in [0.3, 0.4) is 0 Å². The van der Waals surface area contributed by atoms with Gasteiger partial charge in [-0.1, -0.05) is 20.8 Å². The van der Waals surface area contributed by atoms with Crippen molar-refractivity contribution >= 4 is 11.3 Å². The molecule has 1 N–H and O–H groups in total. The lowest BCUT2D eigenvalue weighted by molar-refractivity contribution is 0.604. The Morgan fingerprint density at radius 1 is 1.17 bits per heavy atom. The lowest BCUT2D eigenvalue weighted by Gasteiger charge is -2.15. The van der Waals surface area contributed by atoms with Gasteiger partial charge in [-0.25, -0.2) is 0 Å². The summed E-state index contributed by atoms with van der Waals surface area (Å²) < 4.78 is 0. The van der Waals surface area contributed by atoms with Gasteiger partial charge in [0, 0.05) is 29.0 Å². The Kier molecular flexibility index (Phi) is 4.09. The molecule has 18 heavy (non-hydrogen) atoms. The van der Waals surface area contributed by atoms with E-state index in [0.717, 1.165) is 18.8 Å². The summed E-state index contributed by atoms with van der Waals surface area (Å²) in [5.41, 5.74) is 1.22. The fourth-order valence-electron chi connectivity index (χ4n) is 1.62. The molecule has 0 aliphatic carbocycles. The van der Waals surface area contributed by atoms with Crippen LogP contribution in [0.4, 0.5) is 0 Å². The van der Waals surface area contributed by atoms with E-state index < -0.39 is 0 Å². The smallest absolute Gasteiger partial charge is 0.0769 e. The fourth-order valence-corrected chi connectivity index (χ4v) is 2.65. The summed E-state index contributed by atoms with van der Waals surface area (Å²) in [5.74, 6) is 0. The largest absolute Gasteiger partial charge is 0.306 e. The molecule has 0 unspecified atom stereocenters. The van der Waals surface area contributed by atoms with Gasteiger partial charge in [0.2, 0.25) is 0 Å². The van der Waals surface area contributed by atoms with Crippen molar-refractivity contribution in [3.63, 3.8) is 0 Å². The van der Waals surface area contributed by atoms with Gasteiger partial charge in [-0.3, -0.25) is 0 Å². The Labute approximate surface area is 112 Å². The maximum Gasteiger partial charge on any atom is 0.0769 e. The molecule has 0 aliphatic heterocycles. The van der Waals surface area contributed by atoms with Crippen LogP contribution in [0.25, 0.3) is 0 Å².